The Morgan fingerprint density at radius 2 is 1.67 bits per heavy atom. The van der Waals surface area contributed by atoms with E-state index in [0.717, 1.165) is 0 Å². The number of benzene rings is 2. The van der Waals surface area contributed by atoms with Crippen molar-refractivity contribution >= 4 is 33.3 Å². The van der Waals surface area contributed by atoms with E-state index < -0.39 is 15.9 Å². The van der Waals surface area contributed by atoms with Gasteiger partial charge >= 0.3 is 6.03 Å². The molecule has 0 atom stereocenters. The number of anilines is 2. The molecule has 0 fully saturated rings. The number of amides is 3. The molecule has 2 aromatic carbocycles. The molecule has 0 heterocycles. The van der Waals surface area contributed by atoms with Crippen LogP contribution in [0.3, 0.4) is 0 Å². The lowest BCUT2D eigenvalue weighted by molar-refractivity contribution is 0.102. The van der Waals surface area contributed by atoms with Gasteiger partial charge in [0.15, 0.2) is 0 Å². The van der Waals surface area contributed by atoms with Gasteiger partial charge in [-0.05, 0) is 42.5 Å². The Balaban J connectivity index is 2.11. The molecule has 0 saturated heterocycles. The van der Waals surface area contributed by atoms with Crippen LogP contribution in [0.4, 0.5) is 16.2 Å². The van der Waals surface area contributed by atoms with Crippen LogP contribution in [0.5, 0.6) is 0 Å². The van der Waals surface area contributed by atoms with Crippen molar-refractivity contribution in [2.45, 2.75) is 4.90 Å². The van der Waals surface area contributed by atoms with Gasteiger partial charge in [-0.3, -0.25) is 4.79 Å². The Morgan fingerprint density at radius 1 is 1.04 bits per heavy atom. The van der Waals surface area contributed by atoms with Crippen LogP contribution >= 0.6 is 0 Å². The molecule has 8 nitrogen and oxygen atoms in total. The van der Waals surface area contributed by atoms with Crippen LogP contribution in [0.1, 0.15) is 10.4 Å². The third-order valence-corrected chi connectivity index (χ3v) is 4.87. The lowest BCUT2D eigenvalue weighted by atomic mass is 10.2. The first-order chi connectivity index (χ1) is 12.9. The van der Waals surface area contributed by atoms with Gasteiger partial charge < -0.3 is 16.0 Å². The summed E-state index contributed by atoms with van der Waals surface area (Å²) in [6, 6.07) is 11.9. The maximum absolute atomic E-state index is 12.4. The highest BCUT2D eigenvalue weighted by Gasteiger charge is 2.15. The second kappa shape index (κ2) is 8.97. The van der Waals surface area contributed by atoms with E-state index in [1.807, 2.05) is 0 Å². The average Bonchev–Trinajstić information content (AvgIpc) is 2.68. The van der Waals surface area contributed by atoms with Gasteiger partial charge in [-0.15, -0.1) is 6.58 Å². The molecule has 3 amide bonds. The van der Waals surface area contributed by atoms with Crippen LogP contribution < -0.4 is 20.7 Å². The first kappa shape index (κ1) is 20.1. The lowest BCUT2D eigenvalue weighted by Gasteiger charge is -2.09. The fraction of sp³-hybridized carbons (Fsp3) is 0.111. The lowest BCUT2D eigenvalue weighted by Crippen LogP contribution is -2.24. The second-order valence-corrected chi connectivity index (χ2v) is 7.17. The molecule has 27 heavy (non-hydrogen) atoms. The van der Waals surface area contributed by atoms with Gasteiger partial charge in [0.1, 0.15) is 0 Å². The van der Waals surface area contributed by atoms with E-state index in [1.54, 1.807) is 24.3 Å². The molecule has 0 spiro atoms. The zero-order chi connectivity index (χ0) is 19.9. The van der Waals surface area contributed by atoms with Crippen LogP contribution in [-0.2, 0) is 10.0 Å². The van der Waals surface area contributed by atoms with E-state index in [9.17, 15) is 18.0 Å². The zero-order valence-electron chi connectivity index (χ0n) is 14.7. The summed E-state index contributed by atoms with van der Waals surface area (Å²) >= 11 is 0. The number of carbonyl (C=O) groups excluding carboxylic acids is 2. The molecule has 0 unspecified atom stereocenters. The van der Waals surface area contributed by atoms with Crippen molar-refractivity contribution in [3.63, 3.8) is 0 Å². The quantitative estimate of drug-likeness (QED) is 0.544. The van der Waals surface area contributed by atoms with E-state index in [2.05, 4.69) is 27.3 Å². The molecular formula is C18H20N4O4S. The molecule has 9 heteroatoms. The van der Waals surface area contributed by atoms with Crippen molar-refractivity contribution in [1.29, 1.82) is 0 Å². The number of hydrogen-bond acceptors (Lipinski definition) is 4. The molecule has 2 rings (SSSR count). The smallest absolute Gasteiger partial charge is 0.318 e. The number of rotatable bonds is 7. The molecule has 0 aliphatic rings. The standard InChI is InChI=1S/C18H20N4O4S/c1-3-11-20-27(25,26)16-6-4-5-13(12-16)17(23)21-14-7-9-15(10-8-14)22-18(24)19-2/h3-10,12,20H,1,11H2,2H3,(H,21,23)(H2,19,22,24). The van der Waals surface area contributed by atoms with E-state index in [1.165, 1.54) is 37.4 Å². The molecule has 0 saturated carbocycles. The highest BCUT2D eigenvalue weighted by atomic mass is 32.2. The average molecular weight is 388 g/mol. The highest BCUT2D eigenvalue weighted by Crippen LogP contribution is 2.16. The largest absolute Gasteiger partial charge is 0.341 e. The summed E-state index contributed by atoms with van der Waals surface area (Å²) in [5, 5.41) is 7.71. The van der Waals surface area contributed by atoms with Gasteiger partial charge in [-0.25, -0.2) is 17.9 Å². The van der Waals surface area contributed by atoms with Crippen molar-refractivity contribution in [3.8, 4) is 0 Å². The molecular weight excluding hydrogens is 368 g/mol. The summed E-state index contributed by atoms with van der Waals surface area (Å²) in [6.07, 6.45) is 1.43. The van der Waals surface area contributed by atoms with E-state index in [-0.39, 0.29) is 23.0 Å². The Kier molecular flexibility index (Phi) is 6.69. The van der Waals surface area contributed by atoms with Crippen molar-refractivity contribution in [1.82, 2.24) is 10.0 Å². The van der Waals surface area contributed by atoms with E-state index >= 15 is 0 Å². The van der Waals surface area contributed by atoms with Gasteiger partial charge in [0.05, 0.1) is 4.90 Å². The number of carbonyl (C=O) groups is 2. The third kappa shape index (κ3) is 5.66. The van der Waals surface area contributed by atoms with Gasteiger partial charge in [0, 0.05) is 30.5 Å². The predicted octanol–water partition coefficient (Wildman–Crippen LogP) is 2.15. The Bertz CT molecular complexity index is 940. The minimum absolute atomic E-state index is 0.0119. The Labute approximate surface area is 157 Å². The van der Waals surface area contributed by atoms with Crippen LogP contribution in [0.15, 0.2) is 66.1 Å². The number of sulfonamides is 1. The minimum atomic E-state index is -3.72. The van der Waals surface area contributed by atoms with Crippen molar-refractivity contribution in [2.24, 2.45) is 0 Å². The molecule has 0 aliphatic heterocycles. The Morgan fingerprint density at radius 3 is 2.26 bits per heavy atom. The van der Waals surface area contributed by atoms with Gasteiger partial charge in [-0.2, -0.15) is 0 Å². The summed E-state index contributed by atoms with van der Waals surface area (Å²) in [5.41, 5.74) is 1.26. The number of urea groups is 1. The molecule has 0 radical (unpaired) electrons. The molecule has 0 bridgehead atoms. The molecule has 142 valence electrons. The molecule has 4 N–H and O–H groups in total. The predicted molar refractivity (Wildman–Crippen MR) is 104 cm³/mol. The summed E-state index contributed by atoms with van der Waals surface area (Å²) in [4.78, 5) is 23.6. The van der Waals surface area contributed by atoms with Crippen LogP contribution in [-0.4, -0.2) is 33.9 Å². The number of hydrogen-bond donors (Lipinski definition) is 4. The minimum Gasteiger partial charge on any atom is -0.341 e. The zero-order valence-corrected chi connectivity index (χ0v) is 15.5. The normalized spacial score (nSPS) is 10.7. The molecule has 0 aliphatic carbocycles. The first-order valence-corrected chi connectivity index (χ1v) is 9.45. The first-order valence-electron chi connectivity index (χ1n) is 7.96. The van der Waals surface area contributed by atoms with Crippen LogP contribution in [0.25, 0.3) is 0 Å². The molecule has 0 aromatic heterocycles. The fourth-order valence-corrected chi connectivity index (χ4v) is 3.13. The monoisotopic (exact) mass is 388 g/mol. The third-order valence-electron chi connectivity index (χ3n) is 3.45. The summed E-state index contributed by atoms with van der Waals surface area (Å²) < 4.78 is 26.6. The second-order valence-electron chi connectivity index (χ2n) is 5.40. The van der Waals surface area contributed by atoms with Crippen LogP contribution in [0, 0.1) is 0 Å². The maximum Gasteiger partial charge on any atom is 0.318 e. The SMILES string of the molecule is C=CCNS(=O)(=O)c1cccc(C(=O)Nc2ccc(NC(=O)NC)cc2)c1. The fourth-order valence-electron chi connectivity index (χ4n) is 2.09. The summed E-state index contributed by atoms with van der Waals surface area (Å²) in [6.45, 7) is 3.55. The van der Waals surface area contributed by atoms with Crippen LogP contribution in [0.2, 0.25) is 0 Å². The van der Waals surface area contributed by atoms with Crippen molar-refractivity contribution in [2.75, 3.05) is 24.2 Å². The van der Waals surface area contributed by atoms with Crippen molar-refractivity contribution < 1.29 is 18.0 Å². The van der Waals surface area contributed by atoms with E-state index in [4.69, 9.17) is 0 Å². The van der Waals surface area contributed by atoms with Crippen molar-refractivity contribution in [3.05, 3.63) is 66.7 Å². The number of nitrogens with one attached hydrogen (secondary N) is 4. The highest BCUT2D eigenvalue weighted by molar-refractivity contribution is 7.89. The van der Waals surface area contributed by atoms with E-state index in [0.29, 0.717) is 11.4 Å². The van der Waals surface area contributed by atoms with Gasteiger partial charge in [0.25, 0.3) is 5.91 Å². The summed E-state index contributed by atoms with van der Waals surface area (Å²) in [5.74, 6) is -0.456. The maximum atomic E-state index is 12.4. The topological polar surface area (TPSA) is 116 Å². The summed E-state index contributed by atoms with van der Waals surface area (Å²) in [7, 11) is -2.21. The molecule has 2 aromatic rings. The van der Waals surface area contributed by atoms with Gasteiger partial charge in [-0.1, -0.05) is 12.1 Å². The Hall–Kier alpha value is -3.17. The van der Waals surface area contributed by atoms with Gasteiger partial charge in [0.2, 0.25) is 10.0 Å².